The number of nitrogens with one attached hydrogen (secondary N) is 1. The van der Waals surface area contributed by atoms with Crippen molar-refractivity contribution in [3.8, 4) is 11.3 Å². The van der Waals surface area contributed by atoms with Gasteiger partial charge in [-0.2, -0.15) is 11.8 Å². The summed E-state index contributed by atoms with van der Waals surface area (Å²) in [5.41, 5.74) is 1.60. The standard InChI is InChI=1S/C15H17ClN2O3S/c1-22-9-12(6-7-19)17-15(20)13-8-21-18-14(13)10-2-4-11(16)5-3-10/h2-5,8,12,19H,6-7,9H2,1H3,(H,17,20). The molecule has 7 heteroatoms. The van der Waals surface area contributed by atoms with Crippen molar-refractivity contribution >= 4 is 29.3 Å². The number of aliphatic hydroxyl groups is 1. The summed E-state index contributed by atoms with van der Waals surface area (Å²) in [6, 6.07) is 6.93. The Labute approximate surface area is 138 Å². The normalized spacial score (nSPS) is 12.1. The van der Waals surface area contributed by atoms with Crippen LogP contribution in [0.25, 0.3) is 11.3 Å². The molecule has 2 N–H and O–H groups in total. The molecule has 0 aliphatic rings. The van der Waals surface area contributed by atoms with Gasteiger partial charge in [-0.25, -0.2) is 0 Å². The number of thioether (sulfide) groups is 1. The third-order valence-electron chi connectivity index (χ3n) is 3.11. The summed E-state index contributed by atoms with van der Waals surface area (Å²) in [6.07, 6.45) is 3.79. The third-order valence-corrected chi connectivity index (χ3v) is 4.10. The van der Waals surface area contributed by atoms with Gasteiger partial charge in [0.05, 0.1) is 0 Å². The van der Waals surface area contributed by atoms with Gasteiger partial charge in [0.2, 0.25) is 0 Å². The summed E-state index contributed by atoms with van der Waals surface area (Å²) in [5.74, 6) is 0.465. The van der Waals surface area contributed by atoms with Crippen LogP contribution in [0.2, 0.25) is 5.02 Å². The number of amides is 1. The number of carbonyl (C=O) groups excluding carboxylic acids is 1. The zero-order valence-electron chi connectivity index (χ0n) is 12.1. The summed E-state index contributed by atoms with van der Waals surface area (Å²) in [4.78, 5) is 12.4. The van der Waals surface area contributed by atoms with Crippen molar-refractivity contribution in [1.29, 1.82) is 0 Å². The quantitative estimate of drug-likeness (QED) is 0.810. The van der Waals surface area contributed by atoms with Gasteiger partial charge in [0.15, 0.2) is 0 Å². The van der Waals surface area contributed by atoms with E-state index in [1.165, 1.54) is 6.26 Å². The Morgan fingerprint density at radius 2 is 2.18 bits per heavy atom. The van der Waals surface area contributed by atoms with E-state index in [2.05, 4.69) is 10.5 Å². The fourth-order valence-electron chi connectivity index (χ4n) is 2.03. The largest absolute Gasteiger partial charge is 0.396 e. The molecule has 1 aromatic heterocycles. The van der Waals surface area contributed by atoms with Crippen LogP contribution in [0.15, 0.2) is 35.1 Å². The van der Waals surface area contributed by atoms with Crippen LogP contribution in [0.1, 0.15) is 16.8 Å². The van der Waals surface area contributed by atoms with Crippen molar-refractivity contribution < 1.29 is 14.4 Å². The van der Waals surface area contributed by atoms with Crippen molar-refractivity contribution in [2.24, 2.45) is 0 Å². The molecule has 118 valence electrons. The highest BCUT2D eigenvalue weighted by Crippen LogP contribution is 2.24. The summed E-state index contributed by atoms with van der Waals surface area (Å²) in [6.45, 7) is 0.0270. The van der Waals surface area contributed by atoms with E-state index in [0.29, 0.717) is 22.7 Å². The second-order valence-electron chi connectivity index (χ2n) is 4.72. The molecule has 0 aliphatic carbocycles. The summed E-state index contributed by atoms with van der Waals surface area (Å²) in [5, 5.41) is 16.5. The lowest BCUT2D eigenvalue weighted by Gasteiger charge is -2.16. The molecule has 0 radical (unpaired) electrons. The molecule has 1 unspecified atom stereocenters. The average molecular weight is 341 g/mol. The minimum absolute atomic E-state index is 0.0270. The lowest BCUT2D eigenvalue weighted by atomic mass is 10.1. The highest BCUT2D eigenvalue weighted by molar-refractivity contribution is 7.98. The number of benzene rings is 1. The first-order chi connectivity index (χ1) is 10.7. The molecule has 0 bridgehead atoms. The Morgan fingerprint density at radius 1 is 1.45 bits per heavy atom. The fourth-order valence-corrected chi connectivity index (χ4v) is 2.81. The van der Waals surface area contributed by atoms with Gasteiger partial charge in [-0.3, -0.25) is 4.79 Å². The van der Waals surface area contributed by atoms with Gasteiger partial charge in [-0.15, -0.1) is 0 Å². The van der Waals surface area contributed by atoms with E-state index in [4.69, 9.17) is 21.2 Å². The number of aromatic nitrogens is 1. The van der Waals surface area contributed by atoms with Crippen LogP contribution in [0.3, 0.4) is 0 Å². The van der Waals surface area contributed by atoms with Gasteiger partial charge in [0.1, 0.15) is 17.5 Å². The maximum absolute atomic E-state index is 12.4. The highest BCUT2D eigenvalue weighted by Gasteiger charge is 2.20. The molecule has 0 saturated carbocycles. The number of nitrogens with zero attached hydrogens (tertiary/aromatic N) is 1. The lowest BCUT2D eigenvalue weighted by molar-refractivity contribution is 0.0935. The summed E-state index contributed by atoms with van der Waals surface area (Å²) in [7, 11) is 0. The zero-order chi connectivity index (χ0) is 15.9. The SMILES string of the molecule is CSCC(CCO)NC(=O)c1conc1-c1ccc(Cl)cc1. The van der Waals surface area contributed by atoms with E-state index in [1.54, 1.807) is 36.0 Å². The lowest BCUT2D eigenvalue weighted by Crippen LogP contribution is -2.37. The fraction of sp³-hybridized carbons (Fsp3) is 0.333. The second kappa shape index (κ2) is 8.22. The van der Waals surface area contributed by atoms with Crippen LogP contribution in [0.5, 0.6) is 0 Å². The molecule has 2 aromatic rings. The smallest absolute Gasteiger partial charge is 0.257 e. The molecule has 0 saturated heterocycles. The van der Waals surface area contributed by atoms with Gasteiger partial charge in [-0.1, -0.05) is 28.9 Å². The molecule has 0 fully saturated rings. The van der Waals surface area contributed by atoms with Crippen LogP contribution < -0.4 is 5.32 Å². The molecule has 1 amide bonds. The van der Waals surface area contributed by atoms with E-state index in [1.807, 2.05) is 6.26 Å². The van der Waals surface area contributed by atoms with Gasteiger partial charge in [0.25, 0.3) is 5.91 Å². The van der Waals surface area contributed by atoms with Crippen LogP contribution in [0, 0.1) is 0 Å². The van der Waals surface area contributed by atoms with E-state index in [9.17, 15) is 4.79 Å². The molecule has 2 rings (SSSR count). The number of aliphatic hydroxyl groups excluding tert-OH is 1. The van der Waals surface area contributed by atoms with Crippen molar-refractivity contribution in [2.45, 2.75) is 12.5 Å². The van der Waals surface area contributed by atoms with E-state index in [-0.39, 0.29) is 18.6 Å². The number of hydrogen-bond donors (Lipinski definition) is 2. The molecular formula is C15H17ClN2O3S. The average Bonchev–Trinajstić information content (AvgIpc) is 2.98. The maximum Gasteiger partial charge on any atom is 0.257 e. The van der Waals surface area contributed by atoms with Gasteiger partial charge < -0.3 is 14.9 Å². The van der Waals surface area contributed by atoms with Crippen LogP contribution in [-0.2, 0) is 0 Å². The van der Waals surface area contributed by atoms with E-state index in [0.717, 1.165) is 11.3 Å². The first-order valence-electron chi connectivity index (χ1n) is 6.76. The summed E-state index contributed by atoms with van der Waals surface area (Å²) >= 11 is 7.48. The summed E-state index contributed by atoms with van der Waals surface area (Å²) < 4.78 is 4.95. The molecular weight excluding hydrogens is 324 g/mol. The van der Waals surface area contributed by atoms with E-state index < -0.39 is 0 Å². The minimum atomic E-state index is -0.265. The predicted molar refractivity (Wildman–Crippen MR) is 88.3 cm³/mol. The Hall–Kier alpha value is -1.50. The molecule has 0 spiro atoms. The van der Waals surface area contributed by atoms with E-state index >= 15 is 0 Å². The number of hydrogen-bond acceptors (Lipinski definition) is 5. The Kier molecular flexibility index (Phi) is 6.30. The molecule has 22 heavy (non-hydrogen) atoms. The molecule has 5 nitrogen and oxygen atoms in total. The first-order valence-corrected chi connectivity index (χ1v) is 8.54. The Bertz CT molecular complexity index is 610. The molecule has 1 atom stereocenters. The molecule has 1 aromatic carbocycles. The van der Waals surface area contributed by atoms with Crippen molar-refractivity contribution in [3.05, 3.63) is 41.1 Å². The van der Waals surface area contributed by atoms with Gasteiger partial charge >= 0.3 is 0 Å². The number of rotatable bonds is 7. The topological polar surface area (TPSA) is 75.4 Å². The van der Waals surface area contributed by atoms with Gasteiger partial charge in [-0.05, 0) is 24.8 Å². The predicted octanol–water partition coefficient (Wildman–Crippen LogP) is 2.84. The first kappa shape index (κ1) is 16.9. The Morgan fingerprint density at radius 3 is 2.82 bits per heavy atom. The van der Waals surface area contributed by atoms with Crippen LogP contribution >= 0.6 is 23.4 Å². The Balaban J connectivity index is 2.17. The number of carbonyl (C=O) groups is 1. The van der Waals surface area contributed by atoms with Crippen molar-refractivity contribution in [3.63, 3.8) is 0 Å². The van der Waals surface area contributed by atoms with Crippen LogP contribution in [-0.4, -0.2) is 40.8 Å². The number of halogens is 1. The minimum Gasteiger partial charge on any atom is -0.396 e. The maximum atomic E-state index is 12.4. The third kappa shape index (κ3) is 4.25. The molecule has 0 aliphatic heterocycles. The highest BCUT2D eigenvalue weighted by atomic mass is 35.5. The second-order valence-corrected chi connectivity index (χ2v) is 6.07. The molecule has 1 heterocycles. The van der Waals surface area contributed by atoms with Crippen LogP contribution in [0.4, 0.5) is 0 Å². The van der Waals surface area contributed by atoms with Crippen molar-refractivity contribution in [2.75, 3.05) is 18.6 Å². The van der Waals surface area contributed by atoms with Gasteiger partial charge in [0, 0.05) is 29.0 Å². The zero-order valence-corrected chi connectivity index (χ0v) is 13.7. The van der Waals surface area contributed by atoms with Crippen molar-refractivity contribution in [1.82, 2.24) is 10.5 Å². The monoisotopic (exact) mass is 340 g/mol.